The number of halogens is 2. The molecule has 0 radical (unpaired) electrons. The normalized spacial score (nSPS) is 10.4. The van der Waals surface area contributed by atoms with Crippen LogP contribution in [0.25, 0.3) is 0 Å². The predicted octanol–water partition coefficient (Wildman–Crippen LogP) is 2.88. The molecule has 0 aliphatic rings. The highest BCUT2D eigenvalue weighted by Gasteiger charge is 2.08. The lowest BCUT2D eigenvalue weighted by molar-refractivity contribution is 1.10. The molecule has 0 amide bonds. The molecule has 0 fully saturated rings. The average Bonchev–Trinajstić information content (AvgIpc) is 2.17. The van der Waals surface area contributed by atoms with Crippen molar-refractivity contribution in [1.82, 2.24) is 0 Å². The molecule has 0 atom stereocenters. The van der Waals surface area contributed by atoms with Crippen molar-refractivity contribution in [1.29, 1.82) is 0 Å². The highest BCUT2D eigenvalue weighted by atomic mass is 127. The molecule has 2 N–H and O–H groups in total. The first-order valence-corrected chi connectivity index (χ1v) is 5.49. The predicted molar refractivity (Wildman–Crippen MR) is 57.4 cm³/mol. The first kappa shape index (κ1) is 8.96. The van der Waals surface area contributed by atoms with Gasteiger partial charge in [-0.05, 0) is 51.0 Å². The van der Waals surface area contributed by atoms with Crippen molar-refractivity contribution in [3.63, 3.8) is 0 Å². The summed E-state index contributed by atoms with van der Waals surface area (Å²) in [6.45, 7) is 2.73. The molecule has 0 unspecified atom stereocenters. The van der Waals surface area contributed by atoms with Crippen molar-refractivity contribution in [2.75, 3.05) is 0 Å². The maximum atomic E-state index is 5.51. The molecule has 1 aromatic rings. The van der Waals surface area contributed by atoms with E-state index in [0.717, 1.165) is 0 Å². The second-order valence-electron chi connectivity index (χ2n) is 1.94. The molecule has 10 heavy (non-hydrogen) atoms. The van der Waals surface area contributed by atoms with Gasteiger partial charge < -0.3 is 5.73 Å². The fourth-order valence-electron chi connectivity index (χ4n) is 0.656. The lowest BCUT2D eigenvalue weighted by atomic mass is 10.3. The van der Waals surface area contributed by atoms with Gasteiger partial charge in [0.1, 0.15) is 0 Å². The molecule has 1 aromatic heterocycles. The van der Waals surface area contributed by atoms with E-state index in [4.69, 9.17) is 5.73 Å². The molecule has 0 aliphatic heterocycles. The summed E-state index contributed by atoms with van der Waals surface area (Å²) in [5.41, 5.74) is 6.82. The van der Waals surface area contributed by atoms with Crippen LogP contribution in [0.4, 0.5) is 0 Å². The highest BCUT2D eigenvalue weighted by Crippen LogP contribution is 2.32. The van der Waals surface area contributed by atoms with Crippen LogP contribution in [0.2, 0.25) is 0 Å². The van der Waals surface area contributed by atoms with Crippen LogP contribution in [-0.2, 0) is 6.54 Å². The minimum atomic E-state index is 0.634. The lowest BCUT2D eigenvalue weighted by Gasteiger charge is -1.89. The Labute approximate surface area is 86.3 Å². The molecule has 0 bridgehead atoms. The lowest BCUT2D eigenvalue weighted by Crippen LogP contribution is -1.92. The summed E-state index contributed by atoms with van der Waals surface area (Å²) in [6, 6.07) is 0. The van der Waals surface area contributed by atoms with Crippen molar-refractivity contribution in [2.45, 2.75) is 13.5 Å². The third-order valence-corrected chi connectivity index (χ3v) is 5.18. The van der Waals surface area contributed by atoms with E-state index in [1.165, 1.54) is 17.8 Å². The van der Waals surface area contributed by atoms with Gasteiger partial charge in [-0.25, -0.2) is 0 Å². The summed E-state index contributed by atoms with van der Waals surface area (Å²) >= 11 is 7.57. The Balaban J connectivity index is 3.17. The highest BCUT2D eigenvalue weighted by molar-refractivity contribution is 14.1. The minimum absolute atomic E-state index is 0.634. The van der Waals surface area contributed by atoms with E-state index in [2.05, 4.69) is 45.4 Å². The van der Waals surface area contributed by atoms with Crippen LogP contribution in [0, 0.1) is 9.81 Å². The van der Waals surface area contributed by atoms with Crippen LogP contribution in [0.3, 0.4) is 0 Å². The minimum Gasteiger partial charge on any atom is -0.326 e. The molecular weight excluding hydrogens is 325 g/mol. The van der Waals surface area contributed by atoms with Crippen molar-refractivity contribution in [3.8, 4) is 0 Å². The summed E-state index contributed by atoms with van der Waals surface area (Å²) in [5.74, 6) is 0. The number of rotatable bonds is 1. The monoisotopic (exact) mass is 331 g/mol. The van der Waals surface area contributed by atoms with Crippen LogP contribution < -0.4 is 5.73 Å². The van der Waals surface area contributed by atoms with Crippen molar-refractivity contribution >= 4 is 49.9 Å². The fraction of sp³-hybridized carbons (Fsp3) is 0.333. The molecule has 1 rings (SSSR count). The van der Waals surface area contributed by atoms with E-state index in [-0.39, 0.29) is 0 Å². The topological polar surface area (TPSA) is 26.0 Å². The van der Waals surface area contributed by atoms with Gasteiger partial charge in [-0.15, -0.1) is 11.3 Å². The smallest absolute Gasteiger partial charge is 0.0697 e. The van der Waals surface area contributed by atoms with Gasteiger partial charge in [-0.1, -0.05) is 0 Å². The summed E-state index contributed by atoms with van der Waals surface area (Å²) in [4.78, 5) is 1.24. The summed E-state index contributed by atoms with van der Waals surface area (Å²) < 4.78 is 2.51. The van der Waals surface area contributed by atoms with Crippen LogP contribution in [0.15, 0.2) is 4.47 Å². The standard InChI is InChI=1S/C6H7BrINS/c1-3-5(7)4(2-9)10-6(3)8/h2,9H2,1H3. The zero-order valence-electron chi connectivity index (χ0n) is 5.45. The Hall–Kier alpha value is 0.870. The van der Waals surface area contributed by atoms with Crippen molar-refractivity contribution < 1.29 is 0 Å². The maximum Gasteiger partial charge on any atom is 0.0697 e. The molecule has 56 valence electrons. The Morgan fingerprint density at radius 1 is 1.70 bits per heavy atom. The summed E-state index contributed by atoms with van der Waals surface area (Å²) in [7, 11) is 0. The van der Waals surface area contributed by atoms with Crippen molar-refractivity contribution in [3.05, 3.63) is 17.8 Å². The van der Waals surface area contributed by atoms with Crippen LogP contribution in [0.5, 0.6) is 0 Å². The summed E-state index contributed by atoms with van der Waals surface area (Å²) in [5, 5.41) is 0. The largest absolute Gasteiger partial charge is 0.326 e. The van der Waals surface area contributed by atoms with Gasteiger partial charge in [0.25, 0.3) is 0 Å². The SMILES string of the molecule is Cc1c(I)sc(CN)c1Br. The van der Waals surface area contributed by atoms with E-state index >= 15 is 0 Å². The third-order valence-electron chi connectivity index (χ3n) is 1.27. The van der Waals surface area contributed by atoms with Gasteiger partial charge in [0.2, 0.25) is 0 Å². The first-order valence-electron chi connectivity index (χ1n) is 2.80. The number of thiophene rings is 1. The van der Waals surface area contributed by atoms with Crippen LogP contribution in [0.1, 0.15) is 10.4 Å². The van der Waals surface area contributed by atoms with Gasteiger partial charge in [0.05, 0.1) is 2.88 Å². The number of hydrogen-bond acceptors (Lipinski definition) is 2. The third kappa shape index (κ3) is 1.54. The molecule has 1 heterocycles. The second kappa shape index (κ2) is 3.51. The second-order valence-corrected chi connectivity index (χ2v) is 5.65. The average molecular weight is 332 g/mol. The van der Waals surface area contributed by atoms with Gasteiger partial charge in [-0.2, -0.15) is 0 Å². The molecule has 0 saturated carbocycles. The molecular formula is C6H7BrINS. The zero-order chi connectivity index (χ0) is 7.72. The van der Waals surface area contributed by atoms with Crippen LogP contribution in [-0.4, -0.2) is 0 Å². The van der Waals surface area contributed by atoms with Gasteiger partial charge in [0, 0.05) is 15.9 Å². The molecule has 1 nitrogen and oxygen atoms in total. The number of hydrogen-bond donors (Lipinski definition) is 1. The molecule has 0 aliphatic carbocycles. The summed E-state index contributed by atoms with van der Waals surface area (Å²) in [6.07, 6.45) is 0. The Bertz CT molecular complexity index is 246. The van der Waals surface area contributed by atoms with E-state index in [9.17, 15) is 0 Å². The Morgan fingerprint density at radius 3 is 2.50 bits per heavy atom. The van der Waals surface area contributed by atoms with Gasteiger partial charge >= 0.3 is 0 Å². The molecule has 0 aromatic carbocycles. The first-order chi connectivity index (χ1) is 4.66. The molecule has 0 saturated heterocycles. The van der Waals surface area contributed by atoms with Crippen molar-refractivity contribution in [2.24, 2.45) is 5.73 Å². The van der Waals surface area contributed by atoms with E-state index < -0.39 is 0 Å². The molecule has 0 spiro atoms. The maximum absolute atomic E-state index is 5.51. The van der Waals surface area contributed by atoms with E-state index in [1.54, 1.807) is 11.3 Å². The van der Waals surface area contributed by atoms with Gasteiger partial charge in [0.15, 0.2) is 0 Å². The quantitative estimate of drug-likeness (QED) is 0.787. The fourth-order valence-corrected chi connectivity index (χ4v) is 3.63. The Kier molecular flexibility index (Phi) is 3.15. The van der Waals surface area contributed by atoms with Gasteiger partial charge in [-0.3, -0.25) is 0 Å². The Morgan fingerprint density at radius 2 is 2.30 bits per heavy atom. The van der Waals surface area contributed by atoms with E-state index in [1.807, 2.05) is 0 Å². The zero-order valence-corrected chi connectivity index (χ0v) is 10.0. The van der Waals surface area contributed by atoms with E-state index in [0.29, 0.717) is 6.54 Å². The van der Waals surface area contributed by atoms with Crippen LogP contribution >= 0.6 is 49.9 Å². The number of nitrogens with two attached hydrogens (primary N) is 1. The molecule has 4 heteroatoms.